The smallest absolute Gasteiger partial charge is 0.303 e. The van der Waals surface area contributed by atoms with Crippen LogP contribution in [0, 0.1) is 0 Å². The van der Waals surface area contributed by atoms with Gasteiger partial charge in [0.2, 0.25) is 0 Å². The van der Waals surface area contributed by atoms with E-state index in [9.17, 15) is 9.59 Å². The van der Waals surface area contributed by atoms with Crippen molar-refractivity contribution in [3.8, 4) is 0 Å². The quantitative estimate of drug-likeness (QED) is 0.539. The van der Waals surface area contributed by atoms with Gasteiger partial charge in [-0.15, -0.1) is 0 Å². The van der Waals surface area contributed by atoms with Crippen LogP contribution >= 0.6 is 0 Å². The van der Waals surface area contributed by atoms with Crippen molar-refractivity contribution in [3.63, 3.8) is 0 Å². The second-order valence-electron chi connectivity index (χ2n) is 1.81. The first kappa shape index (κ1) is 17.5. The zero-order valence-electron chi connectivity index (χ0n) is 6.98. The Morgan fingerprint density at radius 1 is 0.923 bits per heavy atom. The van der Waals surface area contributed by atoms with Gasteiger partial charge >= 0.3 is 11.9 Å². The van der Waals surface area contributed by atoms with Crippen LogP contribution in [-0.2, 0) is 14.4 Å². The molecule has 0 radical (unpaired) electrons. The molecular weight excluding hydrogens is 184 g/mol. The molecule has 0 spiro atoms. The fourth-order valence-corrected chi connectivity index (χ4v) is 0.214. The summed E-state index contributed by atoms with van der Waals surface area (Å²) in [7, 11) is 0. The maximum atomic E-state index is 9.64. The van der Waals surface area contributed by atoms with Crippen molar-refractivity contribution in [2.45, 2.75) is 19.8 Å². The molecule has 78 valence electrons. The lowest BCUT2D eigenvalue weighted by Crippen LogP contribution is -2.00. The Hall–Kier alpha value is -1.63. The Bertz CT molecular complexity index is 156. The van der Waals surface area contributed by atoms with Gasteiger partial charge in [-0.1, -0.05) is 0 Å². The summed E-state index contributed by atoms with van der Waals surface area (Å²) in [4.78, 5) is 28.3. The molecule has 0 aliphatic carbocycles. The van der Waals surface area contributed by atoms with Crippen LogP contribution in [-0.4, -0.2) is 38.7 Å². The van der Waals surface area contributed by atoms with Gasteiger partial charge in [0.05, 0.1) is 12.8 Å². The average Bonchev–Trinajstić information content (AvgIpc) is 1.82. The minimum absolute atomic E-state index is 0. The highest BCUT2D eigenvalue weighted by Gasteiger charge is 2.00. The van der Waals surface area contributed by atoms with Gasteiger partial charge in [-0.2, -0.15) is 0 Å². The Balaban J connectivity index is -0.000000173. The SMILES string of the molecule is CC(=O)O.O.O=C(O)CCC(=O)O. The molecule has 0 aliphatic rings. The van der Waals surface area contributed by atoms with Crippen molar-refractivity contribution in [1.29, 1.82) is 0 Å². The normalized spacial score (nSPS) is 7.15. The summed E-state index contributed by atoms with van der Waals surface area (Å²) in [5.41, 5.74) is 0. The van der Waals surface area contributed by atoms with Gasteiger partial charge in [0.15, 0.2) is 0 Å². The first-order chi connectivity index (χ1) is 5.36. The molecule has 7 nitrogen and oxygen atoms in total. The Kier molecular flexibility index (Phi) is 13.9. The number of carboxylic acids is 3. The van der Waals surface area contributed by atoms with Gasteiger partial charge in [0.1, 0.15) is 0 Å². The zero-order chi connectivity index (χ0) is 10.1. The summed E-state index contributed by atoms with van der Waals surface area (Å²) >= 11 is 0. The second kappa shape index (κ2) is 10.4. The predicted octanol–water partition coefficient (Wildman–Crippen LogP) is -0.798. The second-order valence-corrected chi connectivity index (χ2v) is 1.81. The first-order valence-electron chi connectivity index (χ1n) is 2.99. The van der Waals surface area contributed by atoms with E-state index in [1.807, 2.05) is 0 Å². The Morgan fingerprint density at radius 3 is 1.15 bits per heavy atom. The van der Waals surface area contributed by atoms with Gasteiger partial charge in [0.25, 0.3) is 5.97 Å². The van der Waals surface area contributed by atoms with Gasteiger partial charge in [-0.25, -0.2) is 0 Å². The molecule has 0 aliphatic heterocycles. The van der Waals surface area contributed by atoms with Gasteiger partial charge in [0, 0.05) is 6.92 Å². The van der Waals surface area contributed by atoms with E-state index >= 15 is 0 Å². The van der Waals surface area contributed by atoms with Crippen LogP contribution in [0.25, 0.3) is 0 Å². The fraction of sp³-hybridized carbons (Fsp3) is 0.500. The van der Waals surface area contributed by atoms with Crippen molar-refractivity contribution in [3.05, 3.63) is 0 Å². The van der Waals surface area contributed by atoms with Crippen molar-refractivity contribution >= 4 is 17.9 Å². The molecule has 0 amide bonds. The van der Waals surface area contributed by atoms with Gasteiger partial charge in [-0.3, -0.25) is 14.4 Å². The molecule has 0 heterocycles. The number of hydrogen-bond donors (Lipinski definition) is 3. The zero-order valence-corrected chi connectivity index (χ0v) is 6.98. The van der Waals surface area contributed by atoms with Crippen LogP contribution in [0.15, 0.2) is 0 Å². The first-order valence-corrected chi connectivity index (χ1v) is 2.99. The van der Waals surface area contributed by atoms with E-state index < -0.39 is 17.9 Å². The number of rotatable bonds is 3. The minimum Gasteiger partial charge on any atom is -0.481 e. The van der Waals surface area contributed by atoms with Gasteiger partial charge < -0.3 is 20.8 Å². The molecule has 13 heavy (non-hydrogen) atoms. The van der Waals surface area contributed by atoms with E-state index in [0.29, 0.717) is 0 Å². The van der Waals surface area contributed by atoms with E-state index in [1.54, 1.807) is 0 Å². The molecule has 7 heteroatoms. The van der Waals surface area contributed by atoms with Crippen LogP contribution < -0.4 is 0 Å². The Labute approximate surface area is 73.9 Å². The molecule has 0 aromatic heterocycles. The molecule has 0 bridgehead atoms. The lowest BCUT2D eigenvalue weighted by Gasteiger charge is -1.85. The Morgan fingerprint density at radius 2 is 1.08 bits per heavy atom. The molecule has 0 aromatic rings. The van der Waals surface area contributed by atoms with E-state index in [0.717, 1.165) is 6.92 Å². The van der Waals surface area contributed by atoms with Crippen LogP contribution in [0.3, 0.4) is 0 Å². The lowest BCUT2D eigenvalue weighted by molar-refractivity contribution is -0.143. The molecule has 0 unspecified atom stereocenters. The van der Waals surface area contributed by atoms with Crippen LogP contribution in [0.4, 0.5) is 0 Å². The maximum Gasteiger partial charge on any atom is 0.303 e. The van der Waals surface area contributed by atoms with Gasteiger partial charge in [-0.05, 0) is 0 Å². The van der Waals surface area contributed by atoms with E-state index in [4.69, 9.17) is 20.1 Å². The fourth-order valence-electron chi connectivity index (χ4n) is 0.214. The summed E-state index contributed by atoms with van der Waals surface area (Å²) < 4.78 is 0. The topological polar surface area (TPSA) is 143 Å². The van der Waals surface area contributed by atoms with E-state index in [2.05, 4.69) is 0 Å². The van der Waals surface area contributed by atoms with Crippen LogP contribution in [0.2, 0.25) is 0 Å². The van der Waals surface area contributed by atoms with Crippen molar-refractivity contribution in [2.75, 3.05) is 0 Å². The van der Waals surface area contributed by atoms with Crippen molar-refractivity contribution in [2.24, 2.45) is 0 Å². The summed E-state index contributed by atoms with van der Waals surface area (Å²) in [5, 5.41) is 23.2. The van der Waals surface area contributed by atoms with Crippen LogP contribution in [0.1, 0.15) is 19.8 Å². The number of hydrogen-bond acceptors (Lipinski definition) is 3. The van der Waals surface area contributed by atoms with Crippen molar-refractivity contribution in [1.82, 2.24) is 0 Å². The largest absolute Gasteiger partial charge is 0.481 e. The summed E-state index contributed by atoms with van der Waals surface area (Å²) in [5.74, 6) is -2.99. The molecule has 5 N–H and O–H groups in total. The molecule has 0 aromatic carbocycles. The summed E-state index contributed by atoms with van der Waals surface area (Å²) in [6.45, 7) is 1.08. The monoisotopic (exact) mass is 196 g/mol. The summed E-state index contributed by atoms with van der Waals surface area (Å²) in [6, 6.07) is 0. The average molecular weight is 196 g/mol. The number of carbonyl (C=O) groups is 3. The standard InChI is InChI=1S/C4H6O4.C2H4O2.H2O/c5-3(6)1-2-4(7)8;1-2(3)4;/h1-2H2,(H,5,6)(H,7,8);1H3,(H,3,4);1H2. The third kappa shape index (κ3) is 64.0. The van der Waals surface area contributed by atoms with Crippen LogP contribution in [0.5, 0.6) is 0 Å². The molecule has 0 saturated heterocycles. The molecule has 0 rings (SSSR count). The number of aliphatic carboxylic acids is 3. The molecule has 0 fully saturated rings. The number of carboxylic acid groups (broad SMARTS) is 3. The highest BCUT2D eigenvalue weighted by atomic mass is 16.4. The molecular formula is C6H12O7. The van der Waals surface area contributed by atoms with Crippen molar-refractivity contribution < 1.29 is 35.2 Å². The molecule has 0 atom stereocenters. The highest BCUT2D eigenvalue weighted by molar-refractivity contribution is 5.75. The van der Waals surface area contributed by atoms with E-state index in [1.165, 1.54) is 0 Å². The predicted molar refractivity (Wildman–Crippen MR) is 41.4 cm³/mol. The lowest BCUT2D eigenvalue weighted by atomic mass is 10.3. The maximum absolute atomic E-state index is 9.64. The minimum atomic E-state index is -1.08. The summed E-state index contributed by atoms with van der Waals surface area (Å²) in [6.07, 6.45) is -0.593. The highest BCUT2D eigenvalue weighted by Crippen LogP contribution is 1.86. The molecule has 0 saturated carbocycles. The third-order valence-electron chi connectivity index (χ3n) is 0.553. The third-order valence-corrected chi connectivity index (χ3v) is 0.553. The van der Waals surface area contributed by atoms with E-state index in [-0.39, 0.29) is 18.3 Å².